The highest BCUT2D eigenvalue weighted by molar-refractivity contribution is 7.85. The minimum absolute atomic E-state index is 0.176. The molecular weight excluding hydrogens is 487 g/mol. The topological polar surface area (TPSA) is 187 Å². The molecule has 14 heteroatoms. The van der Waals surface area contributed by atoms with E-state index >= 15 is 0 Å². The highest BCUT2D eigenvalue weighted by atomic mass is 32.2. The minimum Gasteiger partial charge on any atom is -0.494 e. The van der Waals surface area contributed by atoms with Crippen LogP contribution in [0.25, 0.3) is 0 Å². The second-order valence-corrected chi connectivity index (χ2v) is 9.76. The van der Waals surface area contributed by atoms with Crippen molar-refractivity contribution < 1.29 is 36.9 Å². The lowest BCUT2D eigenvalue weighted by Gasteiger charge is -2.12. The molecule has 2 amide bonds. The third-order valence-electron chi connectivity index (χ3n) is 4.27. The van der Waals surface area contributed by atoms with Crippen LogP contribution < -0.4 is 20.7 Å². The summed E-state index contributed by atoms with van der Waals surface area (Å²) in [6.07, 6.45) is 0. The Bertz CT molecular complexity index is 1410. The zero-order valence-corrected chi connectivity index (χ0v) is 19.2. The first-order valence-electron chi connectivity index (χ1n) is 9.37. The smallest absolute Gasteiger partial charge is 0.356 e. The molecule has 3 aromatic rings. The molecule has 3 aromatic carbocycles. The molecule has 0 radical (unpaired) electrons. The Labute approximate surface area is 194 Å². The molecule has 0 spiro atoms. The van der Waals surface area contributed by atoms with Crippen molar-refractivity contribution in [2.75, 3.05) is 17.7 Å². The van der Waals surface area contributed by atoms with Gasteiger partial charge in [0.15, 0.2) is 0 Å². The molecule has 0 aliphatic rings. The maximum absolute atomic E-state index is 12.3. The molecule has 5 N–H and O–H groups in total. The maximum Gasteiger partial charge on any atom is 0.356 e. The number of amides is 2. The molecule has 0 heterocycles. The Morgan fingerprint density at radius 1 is 0.941 bits per heavy atom. The molecule has 0 aliphatic heterocycles. The summed E-state index contributed by atoms with van der Waals surface area (Å²) >= 11 is 0. The maximum atomic E-state index is 12.3. The molecule has 0 fully saturated rings. The van der Waals surface area contributed by atoms with Crippen molar-refractivity contribution in [1.82, 2.24) is 0 Å². The Hall–Kier alpha value is -3.61. The van der Waals surface area contributed by atoms with Crippen LogP contribution >= 0.6 is 7.60 Å². The molecule has 0 saturated carbocycles. The molecule has 3 rings (SSSR count). The number of azo groups is 1. The Morgan fingerprint density at radius 2 is 1.62 bits per heavy atom. The summed E-state index contributed by atoms with van der Waals surface area (Å²) in [5, 5.41) is 12.7. The minimum atomic E-state index is -4.47. The molecule has 34 heavy (non-hydrogen) atoms. The second kappa shape index (κ2) is 10.1. The Morgan fingerprint density at radius 3 is 2.26 bits per heavy atom. The normalized spacial score (nSPS) is 11.9. The highest BCUT2D eigenvalue weighted by Gasteiger charge is 2.17. The predicted molar refractivity (Wildman–Crippen MR) is 124 cm³/mol. The van der Waals surface area contributed by atoms with Crippen molar-refractivity contribution in [1.29, 1.82) is 0 Å². The Balaban J connectivity index is 1.74. The first-order valence-corrected chi connectivity index (χ1v) is 12.4. The van der Waals surface area contributed by atoms with Crippen LogP contribution in [0.2, 0.25) is 0 Å². The van der Waals surface area contributed by atoms with Gasteiger partial charge in [0.1, 0.15) is 5.75 Å². The van der Waals surface area contributed by atoms with Crippen molar-refractivity contribution in [3.8, 4) is 5.75 Å². The number of anilines is 2. The molecule has 0 atom stereocenters. The average Bonchev–Trinajstić information content (AvgIpc) is 2.77. The van der Waals surface area contributed by atoms with Gasteiger partial charge in [0.25, 0.3) is 10.1 Å². The number of carbonyl (C=O) groups is 1. The van der Waals surface area contributed by atoms with Crippen LogP contribution in [0, 0.1) is 0 Å². The predicted octanol–water partition coefficient (Wildman–Crippen LogP) is 3.80. The number of benzene rings is 3. The number of methoxy groups -OCH3 is 1. The fourth-order valence-electron chi connectivity index (χ4n) is 2.72. The van der Waals surface area contributed by atoms with E-state index in [1.165, 1.54) is 61.7 Å². The van der Waals surface area contributed by atoms with Crippen LogP contribution in [0.5, 0.6) is 5.75 Å². The summed E-state index contributed by atoms with van der Waals surface area (Å²) in [4.78, 5) is 30.5. The van der Waals surface area contributed by atoms with E-state index in [0.717, 1.165) is 12.1 Å². The molecule has 0 aliphatic carbocycles. The van der Waals surface area contributed by atoms with E-state index in [9.17, 15) is 27.6 Å². The molecule has 12 nitrogen and oxygen atoms in total. The van der Waals surface area contributed by atoms with Gasteiger partial charge in [-0.25, -0.2) is 4.79 Å². The summed E-state index contributed by atoms with van der Waals surface area (Å²) in [6, 6.07) is 14.3. The lowest BCUT2D eigenvalue weighted by atomic mass is 10.2. The van der Waals surface area contributed by atoms with Crippen molar-refractivity contribution in [2.24, 2.45) is 10.2 Å². The first kappa shape index (κ1) is 25.0. The van der Waals surface area contributed by atoms with Gasteiger partial charge in [-0.05, 0) is 48.5 Å². The van der Waals surface area contributed by atoms with Gasteiger partial charge in [-0.3, -0.25) is 9.12 Å². The fourth-order valence-corrected chi connectivity index (χ4v) is 3.82. The lowest BCUT2D eigenvalue weighted by Crippen LogP contribution is -2.20. The monoisotopic (exact) mass is 506 g/mol. The van der Waals surface area contributed by atoms with Gasteiger partial charge in [-0.15, -0.1) is 0 Å². The summed E-state index contributed by atoms with van der Waals surface area (Å²) in [5.74, 6) is 0.238. The van der Waals surface area contributed by atoms with E-state index < -0.39 is 23.7 Å². The number of rotatable bonds is 7. The van der Waals surface area contributed by atoms with Gasteiger partial charge in [0.2, 0.25) is 0 Å². The molecule has 0 saturated heterocycles. The zero-order valence-electron chi connectivity index (χ0n) is 17.5. The number of hydrogen-bond donors (Lipinski definition) is 5. The quantitative estimate of drug-likeness (QED) is 0.182. The van der Waals surface area contributed by atoms with Crippen molar-refractivity contribution in [3.63, 3.8) is 0 Å². The van der Waals surface area contributed by atoms with Gasteiger partial charge >= 0.3 is 13.6 Å². The summed E-state index contributed by atoms with van der Waals surface area (Å²) in [6.45, 7) is 0. The summed E-state index contributed by atoms with van der Waals surface area (Å²) in [5.41, 5.74) is 0.968. The Kier molecular flexibility index (Phi) is 7.44. The van der Waals surface area contributed by atoms with Crippen molar-refractivity contribution >= 4 is 51.8 Å². The molecule has 178 valence electrons. The number of nitrogens with one attached hydrogen (secondary N) is 2. The molecule has 0 unspecified atom stereocenters. The average molecular weight is 506 g/mol. The number of nitrogens with zero attached hydrogens (tertiary/aromatic N) is 2. The van der Waals surface area contributed by atoms with E-state index in [0.29, 0.717) is 5.69 Å². The third kappa shape index (κ3) is 6.70. The van der Waals surface area contributed by atoms with E-state index in [2.05, 4.69) is 20.9 Å². The van der Waals surface area contributed by atoms with Crippen LogP contribution in [-0.4, -0.2) is 35.9 Å². The van der Waals surface area contributed by atoms with Crippen molar-refractivity contribution in [2.45, 2.75) is 4.90 Å². The number of carbonyl (C=O) groups excluding carboxylic acids is 1. The van der Waals surface area contributed by atoms with Gasteiger partial charge in [-0.1, -0.05) is 12.1 Å². The van der Waals surface area contributed by atoms with Crippen molar-refractivity contribution in [3.05, 3.63) is 66.7 Å². The summed E-state index contributed by atoms with van der Waals surface area (Å²) in [7, 11) is -7.47. The van der Waals surface area contributed by atoms with Crippen LogP contribution in [0.3, 0.4) is 0 Å². The van der Waals surface area contributed by atoms with E-state index in [1.54, 1.807) is 0 Å². The number of hydrogen-bond acceptors (Lipinski definition) is 7. The van der Waals surface area contributed by atoms with Crippen LogP contribution in [0.4, 0.5) is 27.5 Å². The van der Waals surface area contributed by atoms with Gasteiger partial charge in [0.05, 0.1) is 34.4 Å². The van der Waals surface area contributed by atoms with Gasteiger partial charge in [-0.2, -0.15) is 18.6 Å². The fraction of sp³-hybridized carbons (Fsp3) is 0.0500. The lowest BCUT2D eigenvalue weighted by molar-refractivity contribution is 0.262. The first-order chi connectivity index (χ1) is 16.0. The second-order valence-electron chi connectivity index (χ2n) is 6.73. The van der Waals surface area contributed by atoms with Crippen LogP contribution in [0.15, 0.2) is 81.9 Å². The van der Waals surface area contributed by atoms with Crippen LogP contribution in [-0.2, 0) is 14.7 Å². The number of urea groups is 1. The zero-order chi connectivity index (χ0) is 24.9. The van der Waals surface area contributed by atoms with Gasteiger partial charge < -0.3 is 25.2 Å². The van der Waals surface area contributed by atoms with Gasteiger partial charge in [0, 0.05) is 11.8 Å². The largest absolute Gasteiger partial charge is 0.494 e. The molecular formula is C20H19N4O8PS. The van der Waals surface area contributed by atoms with E-state index in [4.69, 9.17) is 9.29 Å². The SMILES string of the molecule is COc1cc(/N=N/c2cccc(S(=O)(=O)O)c2)ccc1NC(=O)Nc1cccc(P(=O)(O)O)c1. The molecule has 0 bridgehead atoms. The van der Waals surface area contributed by atoms with E-state index in [-0.39, 0.29) is 33.0 Å². The third-order valence-corrected chi connectivity index (χ3v) is 6.07. The standard InChI is InChI=1S/C20H19N4O8PS/c1-32-19-12-15(24-23-14-5-3-7-17(11-14)34(29,30)31)8-9-18(19)22-20(25)21-13-4-2-6-16(10-13)33(26,27)28/h2-12H,1H3,(H2,21,22,25)(H2,26,27,28)(H,29,30,31)/b24-23+. The summed E-state index contributed by atoms with van der Waals surface area (Å²) < 4.78 is 48.2. The molecule has 0 aromatic heterocycles. The van der Waals surface area contributed by atoms with E-state index in [1.807, 2.05) is 0 Å². The highest BCUT2D eigenvalue weighted by Crippen LogP contribution is 2.34. The van der Waals surface area contributed by atoms with Crippen LogP contribution in [0.1, 0.15) is 0 Å². The number of ether oxygens (including phenoxy) is 1.